The molecule has 31 heavy (non-hydrogen) atoms. The number of halogens is 1. The van der Waals surface area contributed by atoms with Gasteiger partial charge in [-0.15, -0.1) is 11.3 Å². The topological polar surface area (TPSA) is 90.0 Å². The van der Waals surface area contributed by atoms with Gasteiger partial charge in [-0.3, -0.25) is 15.0 Å². The molecular weight excluding hydrogens is 504 g/mol. The van der Waals surface area contributed by atoms with Gasteiger partial charge in [-0.25, -0.2) is 13.4 Å². The first-order valence-corrected chi connectivity index (χ1v) is 12.7. The molecule has 0 bridgehead atoms. The molecule has 0 atom stereocenters. The molecule has 8 nitrogen and oxygen atoms in total. The zero-order chi connectivity index (χ0) is 22.2. The third kappa shape index (κ3) is 4.54. The summed E-state index contributed by atoms with van der Waals surface area (Å²) >= 11 is 4.46. The first kappa shape index (κ1) is 22.0. The summed E-state index contributed by atoms with van der Waals surface area (Å²) in [5.41, 5.74) is 4.92. The second-order valence-corrected chi connectivity index (χ2v) is 11.9. The van der Waals surface area contributed by atoms with Crippen LogP contribution in [-0.4, -0.2) is 55.6 Å². The average molecular weight is 525 g/mol. The molecule has 0 saturated carbocycles. The second kappa shape index (κ2) is 8.73. The lowest BCUT2D eigenvalue weighted by Gasteiger charge is -2.36. The van der Waals surface area contributed by atoms with Crippen molar-refractivity contribution in [3.8, 4) is 0 Å². The first-order valence-electron chi connectivity index (χ1n) is 9.67. The van der Waals surface area contributed by atoms with E-state index in [2.05, 4.69) is 21.4 Å². The average Bonchev–Trinajstić information content (AvgIpc) is 3.21. The van der Waals surface area contributed by atoms with Gasteiger partial charge in [-0.05, 0) is 58.8 Å². The molecular formula is C20H21BrN4O4S2. The van der Waals surface area contributed by atoms with Gasteiger partial charge in [0.1, 0.15) is 9.91 Å². The van der Waals surface area contributed by atoms with E-state index in [9.17, 15) is 18.0 Å². The molecule has 1 N–H and O–H groups in total. The van der Waals surface area contributed by atoms with E-state index in [1.165, 1.54) is 20.7 Å². The Bertz CT molecular complexity index is 1150. The van der Waals surface area contributed by atoms with Gasteiger partial charge in [0.2, 0.25) is 5.91 Å². The summed E-state index contributed by atoms with van der Waals surface area (Å²) < 4.78 is 28.0. The number of carbonyl (C=O) groups excluding carboxylic acids is 2. The molecule has 3 heterocycles. The maximum Gasteiger partial charge on any atom is 0.271 e. The van der Waals surface area contributed by atoms with Crippen LogP contribution >= 0.6 is 27.3 Å². The van der Waals surface area contributed by atoms with Crippen LogP contribution in [-0.2, 0) is 19.6 Å². The number of piperazine rings is 1. The van der Waals surface area contributed by atoms with Gasteiger partial charge in [0.15, 0.2) is 0 Å². The van der Waals surface area contributed by atoms with Crippen LogP contribution in [0.4, 0.5) is 5.69 Å². The molecule has 2 amide bonds. The number of nitrogens with one attached hydrogen (secondary N) is 1. The number of hydrogen-bond donors (Lipinski definition) is 1. The second-order valence-electron chi connectivity index (χ2n) is 7.26. The highest BCUT2D eigenvalue weighted by Gasteiger charge is 2.33. The third-order valence-corrected chi connectivity index (χ3v) is 9.11. The lowest BCUT2D eigenvalue weighted by Crippen LogP contribution is -2.54. The van der Waals surface area contributed by atoms with Crippen LogP contribution in [0.1, 0.15) is 12.0 Å². The normalized spacial score (nSPS) is 18.0. The SMILES string of the molecule is Cc1cccc(N2NC(C(=O)N3CCN(S(=O)(=O)c4ccc(Br)s4)CC3)=CCC2=O)c1. The highest BCUT2D eigenvalue weighted by Crippen LogP contribution is 2.29. The van der Waals surface area contributed by atoms with Crippen LogP contribution < -0.4 is 10.4 Å². The van der Waals surface area contributed by atoms with Crippen LogP contribution in [0.15, 0.2) is 56.2 Å². The van der Waals surface area contributed by atoms with E-state index in [1.807, 2.05) is 25.1 Å². The summed E-state index contributed by atoms with van der Waals surface area (Å²) in [7, 11) is -3.57. The monoisotopic (exact) mass is 524 g/mol. The zero-order valence-electron chi connectivity index (χ0n) is 16.7. The van der Waals surface area contributed by atoms with Crippen LogP contribution in [0.5, 0.6) is 0 Å². The molecule has 1 aromatic carbocycles. The van der Waals surface area contributed by atoms with E-state index in [0.29, 0.717) is 11.4 Å². The fraction of sp³-hybridized carbons (Fsp3) is 0.300. The number of rotatable bonds is 4. The van der Waals surface area contributed by atoms with E-state index in [0.717, 1.165) is 9.35 Å². The van der Waals surface area contributed by atoms with E-state index >= 15 is 0 Å². The number of sulfonamides is 1. The Kier molecular flexibility index (Phi) is 6.20. The molecule has 11 heteroatoms. The number of carbonyl (C=O) groups is 2. The fourth-order valence-electron chi connectivity index (χ4n) is 3.49. The van der Waals surface area contributed by atoms with Crippen molar-refractivity contribution < 1.29 is 18.0 Å². The number of hydrogen-bond acceptors (Lipinski definition) is 6. The minimum Gasteiger partial charge on any atom is -0.335 e. The molecule has 2 aromatic rings. The number of amides is 2. The Balaban J connectivity index is 1.42. The highest BCUT2D eigenvalue weighted by molar-refractivity contribution is 9.11. The summed E-state index contributed by atoms with van der Waals surface area (Å²) in [6.07, 6.45) is 1.70. The van der Waals surface area contributed by atoms with Crippen molar-refractivity contribution >= 4 is 54.8 Å². The van der Waals surface area contributed by atoms with Gasteiger partial charge in [-0.1, -0.05) is 12.1 Å². The number of thiophene rings is 1. The number of aryl methyl sites for hydroxylation is 1. The molecule has 0 radical (unpaired) electrons. The maximum atomic E-state index is 13.0. The molecule has 2 aliphatic rings. The minimum absolute atomic E-state index is 0.115. The lowest BCUT2D eigenvalue weighted by atomic mass is 10.2. The van der Waals surface area contributed by atoms with Gasteiger partial charge in [0.25, 0.3) is 15.9 Å². The van der Waals surface area contributed by atoms with Crippen molar-refractivity contribution in [1.82, 2.24) is 14.6 Å². The van der Waals surface area contributed by atoms with E-state index < -0.39 is 10.0 Å². The molecule has 0 unspecified atom stereocenters. The Morgan fingerprint density at radius 1 is 1.13 bits per heavy atom. The van der Waals surface area contributed by atoms with Crippen LogP contribution in [0.2, 0.25) is 0 Å². The van der Waals surface area contributed by atoms with Crippen molar-refractivity contribution in [2.24, 2.45) is 0 Å². The molecule has 2 aliphatic heterocycles. The smallest absolute Gasteiger partial charge is 0.271 e. The van der Waals surface area contributed by atoms with Crippen molar-refractivity contribution in [3.63, 3.8) is 0 Å². The Labute approximate surface area is 193 Å². The largest absolute Gasteiger partial charge is 0.335 e. The molecule has 1 saturated heterocycles. The number of hydrazine groups is 1. The lowest BCUT2D eigenvalue weighted by molar-refractivity contribution is -0.129. The standard InChI is InChI=1S/C20H21BrN4O4S2/c1-14-3-2-4-15(13-14)25-18(26)7-5-16(22-25)20(27)23-9-11-24(12-10-23)31(28,29)19-8-6-17(21)30-19/h2-6,8,13,22H,7,9-12H2,1H3. The summed E-state index contributed by atoms with van der Waals surface area (Å²) in [5.74, 6) is -0.402. The summed E-state index contributed by atoms with van der Waals surface area (Å²) in [5, 5.41) is 1.38. The molecule has 1 aromatic heterocycles. The van der Waals surface area contributed by atoms with Gasteiger partial charge < -0.3 is 4.90 Å². The van der Waals surface area contributed by atoms with E-state index in [-0.39, 0.29) is 48.6 Å². The van der Waals surface area contributed by atoms with Crippen molar-refractivity contribution in [3.05, 3.63) is 57.5 Å². The molecule has 0 aliphatic carbocycles. The molecule has 4 rings (SSSR count). The number of nitrogens with zero attached hydrogens (tertiary/aromatic N) is 3. The quantitative estimate of drug-likeness (QED) is 0.663. The van der Waals surface area contributed by atoms with Gasteiger partial charge in [0, 0.05) is 32.6 Å². The van der Waals surface area contributed by atoms with Crippen molar-refractivity contribution in [2.45, 2.75) is 17.6 Å². The Morgan fingerprint density at radius 2 is 1.87 bits per heavy atom. The minimum atomic E-state index is -3.57. The highest BCUT2D eigenvalue weighted by atomic mass is 79.9. The Hall–Kier alpha value is -2.21. The summed E-state index contributed by atoms with van der Waals surface area (Å²) in [6.45, 7) is 2.93. The number of benzene rings is 1. The maximum absolute atomic E-state index is 13.0. The van der Waals surface area contributed by atoms with Crippen LogP contribution in [0, 0.1) is 6.92 Å². The van der Waals surface area contributed by atoms with E-state index in [4.69, 9.17) is 0 Å². The van der Waals surface area contributed by atoms with Gasteiger partial charge >= 0.3 is 0 Å². The van der Waals surface area contributed by atoms with E-state index in [1.54, 1.807) is 29.2 Å². The van der Waals surface area contributed by atoms with Crippen LogP contribution in [0.25, 0.3) is 0 Å². The number of anilines is 1. The first-order chi connectivity index (χ1) is 14.8. The van der Waals surface area contributed by atoms with Crippen molar-refractivity contribution in [1.29, 1.82) is 0 Å². The zero-order valence-corrected chi connectivity index (χ0v) is 20.0. The fourth-order valence-corrected chi connectivity index (χ4v) is 7.07. The third-order valence-electron chi connectivity index (χ3n) is 5.12. The van der Waals surface area contributed by atoms with Gasteiger partial charge in [0.05, 0.1) is 9.47 Å². The summed E-state index contributed by atoms with van der Waals surface area (Å²) in [6, 6.07) is 10.7. The Morgan fingerprint density at radius 3 is 2.52 bits per heavy atom. The molecule has 0 spiro atoms. The van der Waals surface area contributed by atoms with Gasteiger partial charge in [-0.2, -0.15) is 4.31 Å². The predicted molar refractivity (Wildman–Crippen MR) is 122 cm³/mol. The summed E-state index contributed by atoms with van der Waals surface area (Å²) in [4.78, 5) is 27.0. The molecule has 164 valence electrons. The van der Waals surface area contributed by atoms with Crippen molar-refractivity contribution in [2.75, 3.05) is 31.2 Å². The molecule has 1 fully saturated rings. The predicted octanol–water partition coefficient (Wildman–Crippen LogP) is 2.48. The van der Waals surface area contributed by atoms with Crippen LogP contribution in [0.3, 0.4) is 0 Å².